The predicted molar refractivity (Wildman–Crippen MR) is 66.0 cm³/mol. The van der Waals surface area contributed by atoms with Crippen molar-refractivity contribution < 1.29 is 12.8 Å². The first-order valence-electron chi connectivity index (χ1n) is 5.61. The lowest BCUT2D eigenvalue weighted by Gasteiger charge is -2.21. The van der Waals surface area contributed by atoms with Gasteiger partial charge in [-0.25, -0.2) is 12.8 Å². The number of benzene rings is 1. The lowest BCUT2D eigenvalue weighted by Crippen LogP contribution is -2.31. The second kappa shape index (κ2) is 5.14. The number of sulfonamides is 1. The first-order chi connectivity index (χ1) is 7.84. The Morgan fingerprint density at radius 1 is 1.12 bits per heavy atom. The Balaban J connectivity index is 3.44. The number of aryl methyl sites for hydroxylation is 2. The topological polar surface area (TPSA) is 37.4 Å². The van der Waals surface area contributed by atoms with Gasteiger partial charge in [-0.15, -0.1) is 0 Å². The molecule has 0 bridgehead atoms. The van der Waals surface area contributed by atoms with Crippen LogP contribution in [0.15, 0.2) is 17.0 Å². The maximum atomic E-state index is 13.2. The van der Waals surface area contributed by atoms with E-state index in [4.69, 9.17) is 0 Å². The zero-order valence-corrected chi connectivity index (χ0v) is 11.4. The molecule has 5 heteroatoms. The first-order valence-corrected chi connectivity index (χ1v) is 7.05. The third-order valence-corrected chi connectivity index (χ3v) is 5.08. The van der Waals surface area contributed by atoms with Gasteiger partial charge in [-0.2, -0.15) is 4.31 Å². The molecule has 0 amide bonds. The second-order valence-electron chi connectivity index (χ2n) is 3.96. The molecule has 96 valence electrons. The van der Waals surface area contributed by atoms with E-state index in [1.165, 1.54) is 16.4 Å². The maximum absolute atomic E-state index is 13.2. The van der Waals surface area contributed by atoms with Gasteiger partial charge in [-0.3, -0.25) is 0 Å². The SMILES string of the molecule is CCN(CC)S(=O)(=O)c1c(C)cc(F)cc1C. The van der Waals surface area contributed by atoms with Crippen LogP contribution in [0.4, 0.5) is 4.39 Å². The summed E-state index contributed by atoms with van der Waals surface area (Å²) >= 11 is 0. The van der Waals surface area contributed by atoms with Crippen LogP contribution in [-0.4, -0.2) is 25.8 Å². The third kappa shape index (κ3) is 2.66. The smallest absolute Gasteiger partial charge is 0.207 e. The number of rotatable bonds is 4. The summed E-state index contributed by atoms with van der Waals surface area (Å²) in [4.78, 5) is 0.225. The minimum absolute atomic E-state index is 0.225. The van der Waals surface area contributed by atoms with Gasteiger partial charge < -0.3 is 0 Å². The Bertz CT molecular complexity index is 484. The van der Waals surface area contributed by atoms with Gasteiger partial charge in [0, 0.05) is 13.1 Å². The summed E-state index contributed by atoms with van der Waals surface area (Å²) in [5.74, 6) is -0.404. The molecule has 0 heterocycles. The van der Waals surface area contributed by atoms with Crippen LogP contribution in [0.25, 0.3) is 0 Å². The van der Waals surface area contributed by atoms with Gasteiger partial charge in [0.1, 0.15) is 5.82 Å². The Kier molecular flexibility index (Phi) is 4.27. The summed E-state index contributed by atoms with van der Waals surface area (Å²) in [7, 11) is -3.51. The molecule has 0 aliphatic rings. The lowest BCUT2D eigenvalue weighted by molar-refractivity contribution is 0.444. The summed E-state index contributed by atoms with van der Waals surface area (Å²) < 4.78 is 39.2. The van der Waals surface area contributed by atoms with Gasteiger partial charge >= 0.3 is 0 Å². The molecule has 0 fully saturated rings. The highest BCUT2D eigenvalue weighted by Crippen LogP contribution is 2.24. The fourth-order valence-corrected chi connectivity index (χ4v) is 3.87. The minimum atomic E-state index is -3.51. The second-order valence-corrected chi connectivity index (χ2v) is 5.83. The largest absolute Gasteiger partial charge is 0.243 e. The maximum Gasteiger partial charge on any atom is 0.243 e. The summed E-state index contributed by atoms with van der Waals surface area (Å²) in [5, 5.41) is 0. The Morgan fingerprint density at radius 3 is 1.88 bits per heavy atom. The van der Waals surface area contributed by atoms with Crippen LogP contribution in [0, 0.1) is 19.7 Å². The molecule has 1 aromatic rings. The monoisotopic (exact) mass is 259 g/mol. The molecule has 0 unspecified atom stereocenters. The molecule has 0 N–H and O–H groups in total. The summed E-state index contributed by atoms with van der Waals surface area (Å²) in [6.45, 7) is 7.63. The van der Waals surface area contributed by atoms with Gasteiger partial charge in [0.25, 0.3) is 0 Å². The summed E-state index contributed by atoms with van der Waals surface area (Å²) in [5.41, 5.74) is 0.906. The third-order valence-electron chi connectivity index (χ3n) is 2.73. The molecular formula is C12H18FNO2S. The van der Waals surface area contributed by atoms with Crippen molar-refractivity contribution in [1.82, 2.24) is 4.31 Å². The van der Waals surface area contributed by atoms with Crippen LogP contribution in [0.3, 0.4) is 0 Å². The van der Waals surface area contributed by atoms with E-state index in [1.54, 1.807) is 27.7 Å². The fraction of sp³-hybridized carbons (Fsp3) is 0.500. The standard InChI is InChI=1S/C12H18FNO2S/c1-5-14(6-2)17(15,16)12-9(3)7-11(13)8-10(12)4/h7-8H,5-6H2,1-4H3. The first kappa shape index (κ1) is 14.1. The van der Waals surface area contributed by atoms with Crippen molar-refractivity contribution in [2.24, 2.45) is 0 Å². The lowest BCUT2D eigenvalue weighted by atomic mass is 10.1. The van der Waals surface area contributed by atoms with Gasteiger partial charge in [0.15, 0.2) is 0 Å². The van der Waals surface area contributed by atoms with Crippen LogP contribution in [0.5, 0.6) is 0 Å². The molecule has 0 saturated carbocycles. The van der Waals surface area contributed by atoms with Gasteiger partial charge in [0.05, 0.1) is 4.90 Å². The van der Waals surface area contributed by atoms with E-state index in [-0.39, 0.29) is 4.90 Å². The van der Waals surface area contributed by atoms with Crippen molar-refractivity contribution in [2.45, 2.75) is 32.6 Å². The van der Waals surface area contributed by atoms with E-state index in [2.05, 4.69) is 0 Å². The van der Waals surface area contributed by atoms with Gasteiger partial charge in [-0.1, -0.05) is 13.8 Å². The van der Waals surface area contributed by atoms with Crippen LogP contribution in [0.2, 0.25) is 0 Å². The Morgan fingerprint density at radius 2 is 1.53 bits per heavy atom. The van der Waals surface area contributed by atoms with Crippen LogP contribution < -0.4 is 0 Å². The highest BCUT2D eigenvalue weighted by molar-refractivity contribution is 7.89. The van der Waals surface area contributed by atoms with E-state index < -0.39 is 15.8 Å². The molecule has 0 aromatic heterocycles. The number of nitrogens with zero attached hydrogens (tertiary/aromatic N) is 1. The zero-order chi connectivity index (χ0) is 13.2. The van der Waals surface area contributed by atoms with E-state index >= 15 is 0 Å². The van der Waals surface area contributed by atoms with E-state index in [9.17, 15) is 12.8 Å². The molecule has 1 rings (SSSR count). The van der Waals surface area contributed by atoms with Crippen molar-refractivity contribution in [1.29, 1.82) is 0 Å². The zero-order valence-electron chi connectivity index (χ0n) is 10.6. The highest BCUT2D eigenvalue weighted by Gasteiger charge is 2.25. The minimum Gasteiger partial charge on any atom is -0.207 e. The molecule has 1 aromatic carbocycles. The molecule has 0 aliphatic carbocycles. The highest BCUT2D eigenvalue weighted by atomic mass is 32.2. The normalized spacial score (nSPS) is 12.1. The molecule has 17 heavy (non-hydrogen) atoms. The van der Waals surface area contributed by atoms with Crippen molar-refractivity contribution in [3.8, 4) is 0 Å². The van der Waals surface area contributed by atoms with Crippen LogP contribution in [0.1, 0.15) is 25.0 Å². The average Bonchev–Trinajstić information content (AvgIpc) is 2.16. The van der Waals surface area contributed by atoms with E-state index in [0.717, 1.165) is 0 Å². The molecule has 0 atom stereocenters. The van der Waals surface area contributed by atoms with Crippen LogP contribution in [-0.2, 0) is 10.0 Å². The Labute approximate surface area is 102 Å². The quantitative estimate of drug-likeness (QED) is 0.833. The van der Waals surface area contributed by atoms with Crippen LogP contribution >= 0.6 is 0 Å². The number of hydrogen-bond acceptors (Lipinski definition) is 2. The van der Waals surface area contributed by atoms with Gasteiger partial charge in [0.2, 0.25) is 10.0 Å². The Hall–Kier alpha value is -0.940. The summed E-state index contributed by atoms with van der Waals surface area (Å²) in [6, 6.07) is 2.51. The molecule has 0 saturated heterocycles. The van der Waals surface area contributed by atoms with Crippen molar-refractivity contribution in [3.63, 3.8) is 0 Å². The van der Waals surface area contributed by atoms with Crippen molar-refractivity contribution >= 4 is 10.0 Å². The van der Waals surface area contributed by atoms with E-state index in [1.807, 2.05) is 0 Å². The molecule has 0 aliphatic heterocycles. The molecule has 3 nitrogen and oxygen atoms in total. The average molecular weight is 259 g/mol. The van der Waals surface area contributed by atoms with Gasteiger partial charge in [-0.05, 0) is 37.1 Å². The molecule has 0 spiro atoms. The predicted octanol–water partition coefficient (Wildman–Crippen LogP) is 2.47. The number of hydrogen-bond donors (Lipinski definition) is 0. The van der Waals surface area contributed by atoms with E-state index in [0.29, 0.717) is 24.2 Å². The van der Waals surface area contributed by atoms with Crippen molar-refractivity contribution in [2.75, 3.05) is 13.1 Å². The number of halogens is 1. The fourth-order valence-electron chi connectivity index (χ4n) is 2.00. The molecular weight excluding hydrogens is 241 g/mol. The van der Waals surface area contributed by atoms with Crippen molar-refractivity contribution in [3.05, 3.63) is 29.1 Å². The molecule has 0 radical (unpaired) electrons. The summed E-state index contributed by atoms with van der Waals surface area (Å²) in [6.07, 6.45) is 0.